The summed E-state index contributed by atoms with van der Waals surface area (Å²) < 4.78 is 26.3. The van der Waals surface area contributed by atoms with Gasteiger partial charge in [0.05, 0.1) is 21.0 Å². The summed E-state index contributed by atoms with van der Waals surface area (Å²) in [7, 11) is 0.664. The summed E-state index contributed by atoms with van der Waals surface area (Å²) in [6.45, 7) is 1.59. The van der Waals surface area contributed by atoms with E-state index in [1.54, 1.807) is 12.1 Å². The Balaban J connectivity index is 2.01. The fourth-order valence-corrected chi connectivity index (χ4v) is 4.54. The average Bonchev–Trinajstić information content (AvgIpc) is 3.28. The summed E-state index contributed by atoms with van der Waals surface area (Å²) in [4.78, 5) is 27.3. The number of hydrogen-bond acceptors (Lipinski definition) is 5. The van der Waals surface area contributed by atoms with Gasteiger partial charge in [0.1, 0.15) is 0 Å². The van der Waals surface area contributed by atoms with E-state index in [-0.39, 0.29) is 27.0 Å². The predicted octanol–water partition coefficient (Wildman–Crippen LogP) is 2.80. The molecule has 0 aliphatic carbocycles. The maximum atomic E-state index is 13.2. The number of carbonyl (C=O) groups excluding carboxylic acids is 2. The zero-order chi connectivity index (χ0) is 22.8. The van der Waals surface area contributed by atoms with Crippen LogP contribution in [0.5, 0.6) is 0 Å². The smallest absolute Gasteiger partial charge is 0.257 e. The van der Waals surface area contributed by atoms with Crippen LogP contribution >= 0.6 is 11.6 Å². The molecule has 0 atom stereocenters. The Morgan fingerprint density at radius 2 is 1.68 bits per heavy atom. The molecule has 10 heteroatoms. The first-order valence-electron chi connectivity index (χ1n) is 9.79. The Hall–Kier alpha value is -2.62. The van der Waals surface area contributed by atoms with Gasteiger partial charge in [0.2, 0.25) is 10.0 Å². The number of halogens is 1. The molecule has 0 bridgehead atoms. The molecule has 1 heterocycles. The molecular formula is C21H25ClN4O4S. The number of rotatable bonds is 6. The molecule has 0 saturated carbocycles. The summed E-state index contributed by atoms with van der Waals surface area (Å²) >= 11 is 6.08. The zero-order valence-electron chi connectivity index (χ0n) is 17.6. The van der Waals surface area contributed by atoms with Gasteiger partial charge in [0.25, 0.3) is 11.8 Å². The number of amides is 2. The quantitative estimate of drug-likeness (QED) is 0.684. The van der Waals surface area contributed by atoms with Crippen LogP contribution in [0.3, 0.4) is 0 Å². The molecule has 1 aliphatic heterocycles. The Bertz CT molecular complexity index is 1110. The Kier molecular flexibility index (Phi) is 6.88. The highest BCUT2D eigenvalue weighted by Crippen LogP contribution is 2.29. The van der Waals surface area contributed by atoms with Crippen LogP contribution < -0.4 is 15.5 Å². The highest BCUT2D eigenvalue weighted by molar-refractivity contribution is 7.89. The second-order valence-electron chi connectivity index (χ2n) is 7.39. The molecule has 1 saturated heterocycles. The number of nitrogens with zero attached hydrogens (tertiary/aromatic N) is 2. The van der Waals surface area contributed by atoms with E-state index in [1.165, 1.54) is 45.4 Å². The van der Waals surface area contributed by atoms with Crippen molar-refractivity contribution in [2.45, 2.75) is 17.7 Å². The first-order valence-corrected chi connectivity index (χ1v) is 11.6. The second-order valence-corrected chi connectivity index (χ2v) is 9.95. The number of anilines is 2. The highest BCUT2D eigenvalue weighted by atomic mass is 35.5. The molecule has 0 spiro atoms. The van der Waals surface area contributed by atoms with E-state index in [4.69, 9.17) is 11.6 Å². The minimum absolute atomic E-state index is 0.0350. The number of sulfonamides is 1. The molecule has 166 valence electrons. The monoisotopic (exact) mass is 464 g/mol. The molecular weight excluding hydrogens is 440 g/mol. The molecule has 3 rings (SSSR count). The molecule has 31 heavy (non-hydrogen) atoms. The van der Waals surface area contributed by atoms with Crippen LogP contribution in [-0.2, 0) is 10.0 Å². The van der Waals surface area contributed by atoms with Crippen molar-refractivity contribution in [2.75, 3.05) is 44.4 Å². The topological polar surface area (TPSA) is 98.8 Å². The summed E-state index contributed by atoms with van der Waals surface area (Å²) in [5, 5.41) is 5.52. The molecule has 0 radical (unpaired) electrons. The van der Waals surface area contributed by atoms with Gasteiger partial charge in [-0.2, -0.15) is 0 Å². The standard InChI is InChI=1S/C21H25ClN4O4S/c1-23-20(27)16-12-14(6-8-18(16)22)24-21(28)17-13-15(31(29,30)25(2)3)7-9-19(17)26-10-4-5-11-26/h6-9,12-13H,4-5,10-11H2,1-3H3,(H,23,27)(H,24,28). The van der Waals surface area contributed by atoms with Gasteiger partial charge in [-0.15, -0.1) is 0 Å². The van der Waals surface area contributed by atoms with Crippen LogP contribution in [0.4, 0.5) is 11.4 Å². The van der Waals surface area contributed by atoms with Crippen LogP contribution in [0.15, 0.2) is 41.3 Å². The van der Waals surface area contributed by atoms with E-state index in [2.05, 4.69) is 15.5 Å². The third-order valence-corrected chi connectivity index (χ3v) is 7.27. The van der Waals surface area contributed by atoms with Crippen LogP contribution in [-0.4, -0.2) is 58.8 Å². The SMILES string of the molecule is CNC(=O)c1cc(NC(=O)c2cc(S(=O)(=O)N(C)C)ccc2N2CCCC2)ccc1Cl. The van der Waals surface area contributed by atoms with Crippen molar-refractivity contribution in [1.82, 2.24) is 9.62 Å². The van der Waals surface area contributed by atoms with Crippen molar-refractivity contribution >= 4 is 44.8 Å². The van der Waals surface area contributed by atoms with Crippen LogP contribution in [0, 0.1) is 0 Å². The fourth-order valence-electron chi connectivity index (χ4n) is 3.41. The van der Waals surface area contributed by atoms with E-state index in [0.29, 0.717) is 11.4 Å². The van der Waals surface area contributed by atoms with Crippen molar-refractivity contribution in [1.29, 1.82) is 0 Å². The predicted molar refractivity (Wildman–Crippen MR) is 122 cm³/mol. The van der Waals surface area contributed by atoms with E-state index in [1.807, 2.05) is 0 Å². The summed E-state index contributed by atoms with van der Waals surface area (Å²) in [6.07, 6.45) is 2.01. The van der Waals surface area contributed by atoms with Crippen molar-refractivity contribution in [3.63, 3.8) is 0 Å². The molecule has 2 amide bonds. The van der Waals surface area contributed by atoms with Gasteiger partial charge in [-0.05, 0) is 49.2 Å². The van der Waals surface area contributed by atoms with Crippen molar-refractivity contribution < 1.29 is 18.0 Å². The lowest BCUT2D eigenvalue weighted by atomic mass is 10.1. The molecule has 1 fully saturated rings. The third-order valence-electron chi connectivity index (χ3n) is 5.13. The summed E-state index contributed by atoms with van der Waals surface area (Å²) in [6, 6.07) is 9.18. The number of hydrogen-bond donors (Lipinski definition) is 2. The number of benzene rings is 2. The minimum atomic E-state index is -3.71. The van der Waals surface area contributed by atoms with Crippen molar-refractivity contribution in [3.05, 3.63) is 52.5 Å². The Morgan fingerprint density at radius 3 is 2.29 bits per heavy atom. The largest absolute Gasteiger partial charge is 0.371 e. The normalized spacial score (nSPS) is 14.0. The van der Waals surface area contributed by atoms with E-state index in [9.17, 15) is 18.0 Å². The van der Waals surface area contributed by atoms with Gasteiger partial charge < -0.3 is 15.5 Å². The van der Waals surface area contributed by atoms with Gasteiger partial charge in [0.15, 0.2) is 0 Å². The summed E-state index contributed by atoms with van der Waals surface area (Å²) in [5.41, 5.74) is 1.53. The molecule has 8 nitrogen and oxygen atoms in total. The van der Waals surface area contributed by atoms with Gasteiger partial charge >= 0.3 is 0 Å². The second kappa shape index (κ2) is 9.25. The van der Waals surface area contributed by atoms with E-state index in [0.717, 1.165) is 30.2 Å². The molecule has 0 aromatic heterocycles. The minimum Gasteiger partial charge on any atom is -0.371 e. The van der Waals surface area contributed by atoms with Crippen LogP contribution in [0.2, 0.25) is 5.02 Å². The Morgan fingerprint density at radius 1 is 1.00 bits per heavy atom. The molecule has 1 aliphatic rings. The van der Waals surface area contributed by atoms with Gasteiger partial charge in [0, 0.05) is 45.6 Å². The lowest BCUT2D eigenvalue weighted by Gasteiger charge is -2.22. The highest BCUT2D eigenvalue weighted by Gasteiger charge is 2.25. The first-order chi connectivity index (χ1) is 14.6. The fraction of sp³-hybridized carbons (Fsp3) is 0.333. The average molecular weight is 465 g/mol. The first kappa shape index (κ1) is 23.1. The lowest BCUT2D eigenvalue weighted by Crippen LogP contribution is -2.25. The maximum Gasteiger partial charge on any atom is 0.257 e. The summed E-state index contributed by atoms with van der Waals surface area (Å²) in [5.74, 6) is -0.846. The molecule has 2 aromatic rings. The van der Waals surface area contributed by atoms with Crippen LogP contribution in [0.25, 0.3) is 0 Å². The van der Waals surface area contributed by atoms with Gasteiger partial charge in [-0.25, -0.2) is 12.7 Å². The number of nitrogens with one attached hydrogen (secondary N) is 2. The Labute approximate surface area is 187 Å². The van der Waals surface area contributed by atoms with E-state index >= 15 is 0 Å². The lowest BCUT2D eigenvalue weighted by molar-refractivity contribution is 0.0961. The van der Waals surface area contributed by atoms with Gasteiger partial charge in [-0.1, -0.05) is 11.6 Å². The van der Waals surface area contributed by atoms with Crippen molar-refractivity contribution in [3.8, 4) is 0 Å². The third kappa shape index (κ3) is 4.84. The van der Waals surface area contributed by atoms with Gasteiger partial charge in [-0.3, -0.25) is 9.59 Å². The molecule has 2 aromatic carbocycles. The molecule has 0 unspecified atom stereocenters. The number of carbonyl (C=O) groups is 2. The van der Waals surface area contributed by atoms with E-state index < -0.39 is 15.9 Å². The van der Waals surface area contributed by atoms with Crippen molar-refractivity contribution in [2.24, 2.45) is 0 Å². The van der Waals surface area contributed by atoms with Crippen LogP contribution in [0.1, 0.15) is 33.6 Å². The zero-order valence-corrected chi connectivity index (χ0v) is 19.2. The molecule has 2 N–H and O–H groups in total. The maximum absolute atomic E-state index is 13.2.